The summed E-state index contributed by atoms with van der Waals surface area (Å²) >= 11 is 0. The molecule has 2 aromatic carbocycles. The number of ketones is 1. The summed E-state index contributed by atoms with van der Waals surface area (Å²) in [5.74, 6) is -3.16. The number of rotatable bonds is 9. The first kappa shape index (κ1) is 31.2. The van der Waals surface area contributed by atoms with Gasteiger partial charge in [-0.25, -0.2) is 14.0 Å². The van der Waals surface area contributed by atoms with Gasteiger partial charge in [-0.05, 0) is 62.3 Å². The Morgan fingerprint density at radius 2 is 1.51 bits per heavy atom. The third-order valence-electron chi connectivity index (χ3n) is 7.12. The molecule has 2 aliphatic heterocycles. The summed E-state index contributed by atoms with van der Waals surface area (Å²) in [6.07, 6.45) is 2.87. The minimum absolute atomic E-state index is 0.00857. The molecule has 2 N–H and O–H groups in total. The van der Waals surface area contributed by atoms with Gasteiger partial charge in [-0.1, -0.05) is 18.2 Å². The van der Waals surface area contributed by atoms with Crippen LogP contribution in [-0.2, 0) is 19.2 Å². The first-order valence-corrected chi connectivity index (χ1v) is 13.3. The molecule has 2 amide bonds. The van der Waals surface area contributed by atoms with E-state index in [9.17, 15) is 28.4 Å². The molecule has 0 radical (unpaired) electrons. The SMILES string of the molecule is CN1CC(C(=O)N(CCN2CCC(C(=O)c3ccc(F)cc3)CC2)c2ccccc2)CC1=O.O=C(O)/C=C/C(=O)O. The fourth-order valence-electron chi connectivity index (χ4n) is 4.88. The van der Waals surface area contributed by atoms with Crippen LogP contribution in [-0.4, -0.2) is 89.3 Å². The lowest BCUT2D eigenvalue weighted by molar-refractivity contribution is -0.134. The van der Waals surface area contributed by atoms with Crippen LogP contribution in [0, 0.1) is 17.7 Å². The van der Waals surface area contributed by atoms with Gasteiger partial charge in [0.2, 0.25) is 11.8 Å². The van der Waals surface area contributed by atoms with Gasteiger partial charge >= 0.3 is 11.9 Å². The largest absolute Gasteiger partial charge is 0.478 e. The third kappa shape index (κ3) is 9.35. The number of hydrogen-bond acceptors (Lipinski definition) is 6. The van der Waals surface area contributed by atoms with Crippen molar-refractivity contribution in [3.05, 3.63) is 78.1 Å². The van der Waals surface area contributed by atoms with Gasteiger partial charge in [-0.3, -0.25) is 14.4 Å². The van der Waals surface area contributed by atoms with Crippen molar-refractivity contribution >= 4 is 35.2 Å². The van der Waals surface area contributed by atoms with Gasteiger partial charge in [0.25, 0.3) is 0 Å². The molecule has 2 heterocycles. The lowest BCUT2D eigenvalue weighted by Crippen LogP contribution is -2.44. The number of piperidine rings is 1. The first-order valence-electron chi connectivity index (χ1n) is 13.3. The minimum atomic E-state index is -1.26. The molecule has 11 heteroatoms. The number of carbonyl (C=O) groups is 5. The van der Waals surface area contributed by atoms with E-state index >= 15 is 0 Å². The Morgan fingerprint density at radius 3 is 2.02 bits per heavy atom. The van der Waals surface area contributed by atoms with Gasteiger partial charge in [0.1, 0.15) is 5.82 Å². The molecule has 0 aliphatic carbocycles. The number of carboxylic acid groups (broad SMARTS) is 2. The molecule has 1 unspecified atom stereocenters. The number of carbonyl (C=O) groups excluding carboxylic acids is 3. The first-order chi connectivity index (χ1) is 19.5. The van der Waals surface area contributed by atoms with Crippen molar-refractivity contribution in [2.45, 2.75) is 19.3 Å². The average Bonchev–Trinajstić information content (AvgIpc) is 3.31. The Kier molecular flexibility index (Phi) is 11.3. The molecule has 41 heavy (non-hydrogen) atoms. The lowest BCUT2D eigenvalue weighted by Gasteiger charge is -2.33. The van der Waals surface area contributed by atoms with Crippen molar-refractivity contribution < 1.29 is 38.6 Å². The molecule has 2 aromatic rings. The van der Waals surface area contributed by atoms with E-state index < -0.39 is 11.9 Å². The fourth-order valence-corrected chi connectivity index (χ4v) is 4.88. The molecular formula is C30H34FN3O7. The second-order valence-corrected chi connectivity index (χ2v) is 10.00. The van der Waals surface area contributed by atoms with Crippen molar-refractivity contribution in [1.29, 1.82) is 0 Å². The Bertz CT molecular complexity index is 1240. The quantitative estimate of drug-likeness (QED) is 0.349. The number of aliphatic carboxylic acids is 2. The summed E-state index contributed by atoms with van der Waals surface area (Å²) in [5.41, 5.74) is 1.40. The number of Topliss-reactive ketones (excluding diaryl/α,β-unsaturated/α-hetero) is 1. The molecule has 0 spiro atoms. The zero-order valence-electron chi connectivity index (χ0n) is 22.8. The van der Waals surface area contributed by atoms with Gasteiger partial charge in [0, 0.05) is 62.4 Å². The molecule has 4 rings (SSSR count). The maximum absolute atomic E-state index is 13.3. The van der Waals surface area contributed by atoms with E-state index in [1.807, 2.05) is 30.3 Å². The zero-order chi connectivity index (χ0) is 29.9. The van der Waals surface area contributed by atoms with Crippen molar-refractivity contribution in [2.75, 3.05) is 44.7 Å². The number of likely N-dealkylation sites (tertiary alicyclic amines) is 2. The summed E-state index contributed by atoms with van der Waals surface area (Å²) in [6, 6.07) is 15.3. The number of anilines is 1. The number of amides is 2. The predicted molar refractivity (Wildman–Crippen MR) is 149 cm³/mol. The molecule has 2 saturated heterocycles. The molecular weight excluding hydrogens is 533 g/mol. The van der Waals surface area contributed by atoms with Gasteiger partial charge < -0.3 is 24.9 Å². The maximum Gasteiger partial charge on any atom is 0.328 e. The maximum atomic E-state index is 13.3. The second-order valence-electron chi connectivity index (χ2n) is 10.00. The monoisotopic (exact) mass is 567 g/mol. The van der Waals surface area contributed by atoms with Crippen LogP contribution in [0.5, 0.6) is 0 Å². The van der Waals surface area contributed by atoms with Gasteiger partial charge in [0.15, 0.2) is 5.78 Å². The number of benzene rings is 2. The van der Waals surface area contributed by atoms with Crippen LogP contribution >= 0.6 is 0 Å². The van der Waals surface area contributed by atoms with E-state index in [1.54, 1.807) is 29.0 Å². The van der Waals surface area contributed by atoms with E-state index in [0.29, 0.717) is 37.3 Å². The van der Waals surface area contributed by atoms with E-state index in [-0.39, 0.29) is 41.7 Å². The van der Waals surface area contributed by atoms with Gasteiger partial charge in [-0.15, -0.1) is 0 Å². The summed E-state index contributed by atoms with van der Waals surface area (Å²) < 4.78 is 13.1. The van der Waals surface area contributed by atoms with Crippen molar-refractivity contribution in [2.24, 2.45) is 11.8 Å². The van der Waals surface area contributed by atoms with Crippen molar-refractivity contribution in [1.82, 2.24) is 9.80 Å². The van der Waals surface area contributed by atoms with Crippen LogP contribution in [0.1, 0.15) is 29.6 Å². The Morgan fingerprint density at radius 1 is 0.927 bits per heavy atom. The number of para-hydroxylation sites is 1. The highest BCUT2D eigenvalue weighted by molar-refractivity contribution is 5.99. The highest BCUT2D eigenvalue weighted by Gasteiger charge is 2.35. The summed E-state index contributed by atoms with van der Waals surface area (Å²) in [6.45, 7) is 3.25. The standard InChI is InChI=1S/C26H30FN3O3.C4H4O4/c1-28-18-21(17-24(28)31)26(33)30(23-5-3-2-4-6-23)16-15-29-13-11-20(12-14-29)25(32)19-7-9-22(27)10-8-19;5-3(6)1-2-4(7)8/h2-10,20-21H,11-18H2,1H3;1-2H,(H,5,6)(H,7,8)/b;2-1+. The zero-order valence-corrected chi connectivity index (χ0v) is 22.8. The van der Waals surface area contributed by atoms with Crippen LogP contribution in [0.4, 0.5) is 10.1 Å². The molecule has 10 nitrogen and oxygen atoms in total. The molecule has 1 atom stereocenters. The molecule has 0 saturated carbocycles. The molecule has 0 aromatic heterocycles. The van der Waals surface area contributed by atoms with Crippen LogP contribution in [0.3, 0.4) is 0 Å². The fraction of sp³-hybridized carbons (Fsp3) is 0.367. The summed E-state index contributed by atoms with van der Waals surface area (Å²) in [5, 5.41) is 15.6. The van der Waals surface area contributed by atoms with E-state index in [0.717, 1.165) is 31.6 Å². The van der Waals surface area contributed by atoms with Crippen LogP contribution < -0.4 is 4.90 Å². The molecule has 2 aliphatic rings. The van der Waals surface area contributed by atoms with Crippen molar-refractivity contribution in [3.8, 4) is 0 Å². The van der Waals surface area contributed by atoms with Crippen LogP contribution in [0.2, 0.25) is 0 Å². The Labute approximate surface area is 237 Å². The number of hydrogen-bond donors (Lipinski definition) is 2. The Balaban J connectivity index is 0.000000507. The highest BCUT2D eigenvalue weighted by Crippen LogP contribution is 2.25. The minimum Gasteiger partial charge on any atom is -0.478 e. The number of nitrogens with zero attached hydrogens (tertiary/aromatic N) is 3. The van der Waals surface area contributed by atoms with Crippen LogP contribution in [0.15, 0.2) is 66.7 Å². The predicted octanol–water partition coefficient (Wildman–Crippen LogP) is 2.94. The normalized spacial score (nSPS) is 17.7. The van der Waals surface area contributed by atoms with E-state index in [4.69, 9.17) is 10.2 Å². The smallest absolute Gasteiger partial charge is 0.328 e. The second kappa shape index (κ2) is 14.8. The van der Waals surface area contributed by atoms with Gasteiger partial charge in [-0.2, -0.15) is 0 Å². The van der Waals surface area contributed by atoms with E-state index in [1.165, 1.54) is 12.1 Å². The third-order valence-corrected chi connectivity index (χ3v) is 7.12. The Hall–Kier alpha value is -4.38. The van der Waals surface area contributed by atoms with E-state index in [2.05, 4.69) is 4.90 Å². The van der Waals surface area contributed by atoms with Crippen molar-refractivity contribution in [3.63, 3.8) is 0 Å². The summed E-state index contributed by atoms with van der Waals surface area (Å²) in [7, 11) is 1.74. The number of halogens is 1. The van der Waals surface area contributed by atoms with Gasteiger partial charge in [0.05, 0.1) is 5.92 Å². The topological polar surface area (TPSA) is 136 Å². The number of carboxylic acids is 2. The molecule has 218 valence electrons. The molecule has 2 fully saturated rings. The molecule has 0 bridgehead atoms. The summed E-state index contributed by atoms with van der Waals surface area (Å²) in [4.78, 5) is 62.8. The highest BCUT2D eigenvalue weighted by atomic mass is 19.1. The average molecular weight is 568 g/mol. The van der Waals surface area contributed by atoms with Crippen LogP contribution in [0.25, 0.3) is 0 Å². The lowest BCUT2D eigenvalue weighted by atomic mass is 9.89.